The molecule has 110 valence electrons. The Labute approximate surface area is 123 Å². The number of halogens is 1. The first kappa shape index (κ1) is 20.2. The summed E-state index contributed by atoms with van der Waals surface area (Å²) in [4.78, 5) is 11.4. The van der Waals surface area contributed by atoms with E-state index in [0.29, 0.717) is 17.6 Å². The van der Waals surface area contributed by atoms with Gasteiger partial charge in [0.2, 0.25) is 6.73 Å². The first-order valence-corrected chi connectivity index (χ1v) is 6.92. The van der Waals surface area contributed by atoms with E-state index in [4.69, 9.17) is 4.74 Å². The van der Waals surface area contributed by atoms with E-state index in [-0.39, 0.29) is 23.0 Å². The van der Waals surface area contributed by atoms with Crippen LogP contribution in [0.15, 0.2) is 0 Å². The van der Waals surface area contributed by atoms with Crippen molar-refractivity contribution in [1.82, 2.24) is 0 Å². The van der Waals surface area contributed by atoms with E-state index >= 15 is 0 Å². The number of hydrogen-bond donors (Lipinski definition) is 0. The van der Waals surface area contributed by atoms with Crippen molar-refractivity contribution in [1.29, 1.82) is 0 Å². The average Bonchev–Trinajstić information content (AvgIpc) is 2.24. The minimum absolute atomic E-state index is 0. The van der Waals surface area contributed by atoms with Gasteiger partial charge in [0, 0.05) is 6.42 Å². The van der Waals surface area contributed by atoms with Crippen LogP contribution in [0.25, 0.3) is 0 Å². The van der Waals surface area contributed by atoms with Gasteiger partial charge in [0.1, 0.15) is 0 Å². The Balaban J connectivity index is 0. The van der Waals surface area contributed by atoms with Crippen molar-refractivity contribution in [2.45, 2.75) is 58.3 Å². The molecule has 0 saturated heterocycles. The van der Waals surface area contributed by atoms with Crippen molar-refractivity contribution in [3.63, 3.8) is 0 Å². The van der Waals surface area contributed by atoms with Crippen molar-refractivity contribution >= 4 is 5.97 Å². The summed E-state index contributed by atoms with van der Waals surface area (Å²) in [5.41, 5.74) is 0. The molecule has 0 N–H and O–H groups in total. The number of quaternary nitrogens is 1. The topological polar surface area (TPSA) is 26.3 Å². The van der Waals surface area contributed by atoms with Crippen molar-refractivity contribution in [2.75, 3.05) is 27.9 Å². The van der Waals surface area contributed by atoms with E-state index in [9.17, 15) is 4.79 Å². The van der Waals surface area contributed by atoms with Gasteiger partial charge in [-0.1, -0.05) is 45.4 Å². The average molecular weight is 324 g/mol. The van der Waals surface area contributed by atoms with E-state index < -0.39 is 0 Å². The van der Waals surface area contributed by atoms with Crippen LogP contribution in [0.4, 0.5) is 0 Å². The van der Waals surface area contributed by atoms with Crippen LogP contribution in [0.5, 0.6) is 0 Å². The number of ether oxygens (including phenoxy) is 1. The lowest BCUT2D eigenvalue weighted by molar-refractivity contribution is -0.888. The summed E-state index contributed by atoms with van der Waals surface area (Å²) in [5, 5.41) is 0. The van der Waals surface area contributed by atoms with Crippen molar-refractivity contribution in [3.8, 4) is 0 Å². The summed E-state index contributed by atoms with van der Waals surface area (Å²) >= 11 is 0. The molecule has 0 heterocycles. The molecule has 0 aromatic heterocycles. The smallest absolute Gasteiger partial charge is 0.310 e. The number of rotatable bonds is 10. The minimum Gasteiger partial charge on any atom is -1.00 e. The fourth-order valence-electron chi connectivity index (χ4n) is 1.56. The van der Waals surface area contributed by atoms with Crippen LogP contribution in [0.2, 0.25) is 0 Å². The molecule has 0 aliphatic carbocycles. The number of nitrogens with zero attached hydrogens (tertiary/aromatic N) is 1. The standard InChI is InChI=1S/C14H30NO2.BrH/c1-5-6-7-8-9-10-11-12-14(16)17-13-15(2,3)4;/h5-13H2,1-4H3;1H/q+1;/p-1. The molecule has 0 aromatic rings. The Kier molecular flexibility index (Phi) is 13.5. The SMILES string of the molecule is CCCCCCCCCC(=O)OC[N+](C)(C)C.[Br-]. The first-order chi connectivity index (χ1) is 7.95. The predicted octanol–water partition coefficient (Wildman–Crippen LogP) is 0.338. The molecule has 0 fully saturated rings. The number of carbonyl (C=O) groups excluding carboxylic acids is 1. The van der Waals surface area contributed by atoms with Gasteiger partial charge in [-0.25, -0.2) is 0 Å². The summed E-state index contributed by atoms with van der Waals surface area (Å²) in [6.07, 6.45) is 9.23. The summed E-state index contributed by atoms with van der Waals surface area (Å²) in [6.45, 7) is 2.69. The Morgan fingerprint density at radius 3 is 1.94 bits per heavy atom. The predicted molar refractivity (Wildman–Crippen MR) is 71.6 cm³/mol. The van der Waals surface area contributed by atoms with Gasteiger partial charge in [0.25, 0.3) is 0 Å². The Hall–Kier alpha value is -0.0900. The lowest BCUT2D eigenvalue weighted by Crippen LogP contribution is -3.00. The molecule has 0 aromatic carbocycles. The summed E-state index contributed by atoms with van der Waals surface area (Å²) in [5.74, 6) is -0.0494. The highest BCUT2D eigenvalue weighted by Gasteiger charge is 2.10. The highest BCUT2D eigenvalue weighted by Crippen LogP contribution is 2.08. The molecule has 0 rings (SSSR count). The number of unbranched alkanes of at least 4 members (excludes halogenated alkanes) is 6. The van der Waals surface area contributed by atoms with Crippen molar-refractivity contribution < 1.29 is 31.0 Å². The molecule has 0 aliphatic rings. The third-order valence-corrected chi connectivity index (χ3v) is 2.60. The molecule has 0 bridgehead atoms. The van der Waals surface area contributed by atoms with E-state index in [2.05, 4.69) is 6.92 Å². The van der Waals surface area contributed by atoms with Crippen LogP contribution in [0.3, 0.4) is 0 Å². The summed E-state index contributed by atoms with van der Waals surface area (Å²) in [7, 11) is 6.04. The van der Waals surface area contributed by atoms with Gasteiger partial charge in [-0.2, -0.15) is 0 Å². The second-order valence-electron chi connectivity index (χ2n) is 5.81. The third-order valence-electron chi connectivity index (χ3n) is 2.60. The Morgan fingerprint density at radius 1 is 0.944 bits per heavy atom. The van der Waals surface area contributed by atoms with Gasteiger partial charge in [0.15, 0.2) is 0 Å². The summed E-state index contributed by atoms with van der Waals surface area (Å²) in [6, 6.07) is 0. The second kappa shape index (κ2) is 12.0. The molecule has 3 nitrogen and oxygen atoms in total. The fraction of sp³-hybridized carbons (Fsp3) is 0.929. The molecule has 4 heteroatoms. The highest BCUT2D eigenvalue weighted by molar-refractivity contribution is 5.69. The maximum Gasteiger partial charge on any atom is 0.310 e. The van der Waals surface area contributed by atoms with Crippen LogP contribution < -0.4 is 17.0 Å². The van der Waals surface area contributed by atoms with E-state index in [0.717, 1.165) is 12.8 Å². The van der Waals surface area contributed by atoms with Crippen LogP contribution in [0, 0.1) is 0 Å². The van der Waals surface area contributed by atoms with Gasteiger partial charge in [-0.3, -0.25) is 9.28 Å². The van der Waals surface area contributed by atoms with Crippen LogP contribution >= 0.6 is 0 Å². The number of esters is 1. The molecule has 0 amide bonds. The molecular formula is C14H30BrNO2. The third kappa shape index (κ3) is 15.9. The highest BCUT2D eigenvalue weighted by atomic mass is 79.9. The van der Waals surface area contributed by atoms with Gasteiger partial charge in [0.05, 0.1) is 21.1 Å². The van der Waals surface area contributed by atoms with Crippen molar-refractivity contribution in [3.05, 3.63) is 0 Å². The minimum atomic E-state index is -0.0494. The van der Waals surface area contributed by atoms with E-state index in [1.807, 2.05) is 21.1 Å². The normalized spacial score (nSPS) is 10.9. The first-order valence-electron chi connectivity index (χ1n) is 6.92. The summed E-state index contributed by atoms with van der Waals surface area (Å²) < 4.78 is 5.85. The quantitative estimate of drug-likeness (QED) is 0.251. The maximum atomic E-state index is 11.4. The zero-order valence-corrected chi connectivity index (χ0v) is 14.1. The van der Waals surface area contributed by atoms with Gasteiger partial charge >= 0.3 is 5.97 Å². The zero-order valence-electron chi connectivity index (χ0n) is 12.5. The molecule has 0 saturated carbocycles. The van der Waals surface area contributed by atoms with Crippen LogP contribution in [-0.4, -0.2) is 38.3 Å². The molecule has 0 atom stereocenters. The molecule has 0 radical (unpaired) electrons. The zero-order chi connectivity index (χ0) is 13.1. The van der Waals surface area contributed by atoms with E-state index in [1.54, 1.807) is 0 Å². The second-order valence-corrected chi connectivity index (χ2v) is 5.81. The Morgan fingerprint density at radius 2 is 1.44 bits per heavy atom. The van der Waals surface area contributed by atoms with Crippen molar-refractivity contribution in [2.24, 2.45) is 0 Å². The Bertz CT molecular complexity index is 202. The fourth-order valence-corrected chi connectivity index (χ4v) is 1.56. The molecule has 0 spiro atoms. The number of carbonyl (C=O) groups is 1. The molecule has 0 aliphatic heterocycles. The van der Waals surface area contributed by atoms with Gasteiger partial charge < -0.3 is 21.7 Å². The van der Waals surface area contributed by atoms with Gasteiger partial charge in [-0.05, 0) is 6.42 Å². The van der Waals surface area contributed by atoms with Gasteiger partial charge in [-0.15, -0.1) is 0 Å². The van der Waals surface area contributed by atoms with E-state index in [1.165, 1.54) is 32.1 Å². The van der Waals surface area contributed by atoms with Crippen LogP contribution in [-0.2, 0) is 9.53 Å². The monoisotopic (exact) mass is 323 g/mol. The largest absolute Gasteiger partial charge is 1.00 e. The molecular weight excluding hydrogens is 294 g/mol. The molecule has 18 heavy (non-hydrogen) atoms. The molecule has 0 unspecified atom stereocenters. The maximum absolute atomic E-state index is 11.4. The van der Waals surface area contributed by atoms with Crippen LogP contribution in [0.1, 0.15) is 58.3 Å². The lowest BCUT2D eigenvalue weighted by Gasteiger charge is -2.22. The lowest BCUT2D eigenvalue weighted by atomic mass is 10.1. The number of hydrogen-bond acceptors (Lipinski definition) is 2.